The topological polar surface area (TPSA) is 53.4 Å². The van der Waals surface area contributed by atoms with Gasteiger partial charge in [-0.25, -0.2) is 8.94 Å². The molecule has 1 aromatic carbocycles. The van der Waals surface area contributed by atoms with Gasteiger partial charge in [0.1, 0.15) is 22.0 Å². The van der Waals surface area contributed by atoms with Crippen LogP contribution >= 0.6 is 11.5 Å². The fourth-order valence-electron chi connectivity index (χ4n) is 1.98. The van der Waals surface area contributed by atoms with Crippen LogP contribution in [0.15, 0.2) is 41.3 Å². The fraction of sp³-hybridized carbons (Fsp3) is 0.143. The molecule has 2 heterocycles. The van der Waals surface area contributed by atoms with E-state index in [-0.39, 0.29) is 5.56 Å². The van der Waals surface area contributed by atoms with E-state index in [1.165, 1.54) is 11.5 Å². The van der Waals surface area contributed by atoms with Gasteiger partial charge in [-0.15, -0.1) is 0 Å². The first-order valence-electron chi connectivity index (χ1n) is 5.94. The van der Waals surface area contributed by atoms with Crippen LogP contribution in [-0.4, -0.2) is 23.2 Å². The van der Waals surface area contributed by atoms with Gasteiger partial charge in [-0.05, 0) is 35.8 Å². The molecule has 20 heavy (non-hydrogen) atoms. The van der Waals surface area contributed by atoms with Crippen molar-refractivity contribution in [3.05, 3.63) is 46.9 Å². The van der Waals surface area contributed by atoms with E-state index >= 15 is 0 Å². The lowest BCUT2D eigenvalue weighted by molar-refractivity contribution is 0.402. The third kappa shape index (κ3) is 1.94. The second-order valence-electron chi connectivity index (χ2n) is 4.08. The first kappa shape index (κ1) is 12.7. The lowest BCUT2D eigenvalue weighted by atomic mass is 10.2. The third-order valence-electron chi connectivity index (χ3n) is 2.97. The second-order valence-corrected chi connectivity index (χ2v) is 5.02. The molecule has 0 radical (unpaired) electrons. The lowest BCUT2D eigenvalue weighted by Crippen LogP contribution is -2.11. The van der Waals surface area contributed by atoms with Gasteiger partial charge in [-0.2, -0.15) is 0 Å². The molecule has 0 N–H and O–H groups in total. The van der Waals surface area contributed by atoms with Crippen LogP contribution in [0.3, 0.4) is 0 Å². The molecule has 0 bridgehead atoms. The van der Waals surface area contributed by atoms with Gasteiger partial charge in [0.25, 0.3) is 5.56 Å². The van der Waals surface area contributed by atoms with Crippen molar-refractivity contribution in [2.24, 2.45) is 0 Å². The Balaban J connectivity index is 2.29. The molecule has 3 rings (SSSR count). The van der Waals surface area contributed by atoms with E-state index in [4.69, 9.17) is 9.47 Å². The Morgan fingerprint density at radius 3 is 2.75 bits per heavy atom. The molecule has 0 aliphatic rings. The Labute approximate surface area is 119 Å². The van der Waals surface area contributed by atoms with E-state index in [0.29, 0.717) is 27.4 Å². The van der Waals surface area contributed by atoms with E-state index in [1.54, 1.807) is 54.7 Å². The van der Waals surface area contributed by atoms with Gasteiger partial charge < -0.3 is 9.47 Å². The van der Waals surface area contributed by atoms with Crippen LogP contribution in [0, 0.1) is 0 Å². The number of fused-ring (bicyclic) bond motifs is 1. The summed E-state index contributed by atoms with van der Waals surface area (Å²) in [6, 6.07) is 8.86. The Kier molecular flexibility index (Phi) is 3.15. The molecule has 0 saturated carbocycles. The highest BCUT2D eigenvalue weighted by Gasteiger charge is 2.14. The summed E-state index contributed by atoms with van der Waals surface area (Å²) in [6.45, 7) is 0. The quantitative estimate of drug-likeness (QED) is 0.743. The van der Waals surface area contributed by atoms with Crippen molar-refractivity contribution in [1.82, 2.24) is 8.94 Å². The Morgan fingerprint density at radius 2 is 2.05 bits per heavy atom. The summed E-state index contributed by atoms with van der Waals surface area (Å²) in [4.78, 5) is 17.3. The van der Waals surface area contributed by atoms with Gasteiger partial charge in [0.05, 0.1) is 19.6 Å². The Hall–Kier alpha value is -2.34. The molecule has 0 aliphatic heterocycles. The highest BCUT2D eigenvalue weighted by molar-refractivity contribution is 7.13. The number of ether oxygens (including phenoxy) is 2. The summed E-state index contributed by atoms with van der Waals surface area (Å²) >= 11 is 1.28. The van der Waals surface area contributed by atoms with Gasteiger partial charge in [0.2, 0.25) is 0 Å². The predicted molar refractivity (Wildman–Crippen MR) is 78.3 cm³/mol. The van der Waals surface area contributed by atoms with E-state index in [9.17, 15) is 4.79 Å². The number of pyridine rings is 1. The first-order chi connectivity index (χ1) is 9.74. The standard InChI is InChI=1S/C14H12N2O3S/c1-18-9-5-6-12(19-2)11(8-9)16-14(17)10-4-3-7-15-13(10)20-16/h3-8H,1-2H3. The molecule has 0 atom stereocenters. The zero-order valence-electron chi connectivity index (χ0n) is 11.0. The van der Waals surface area contributed by atoms with E-state index in [2.05, 4.69) is 4.98 Å². The van der Waals surface area contributed by atoms with Crippen LogP contribution < -0.4 is 15.0 Å². The Bertz CT molecular complexity index is 823. The first-order valence-corrected chi connectivity index (χ1v) is 6.71. The van der Waals surface area contributed by atoms with Crippen molar-refractivity contribution in [2.75, 3.05) is 14.2 Å². The zero-order valence-corrected chi connectivity index (χ0v) is 11.8. The van der Waals surface area contributed by atoms with Crippen LogP contribution in [0.2, 0.25) is 0 Å². The lowest BCUT2D eigenvalue weighted by Gasteiger charge is -2.09. The number of benzene rings is 1. The minimum atomic E-state index is -0.107. The average molecular weight is 288 g/mol. The van der Waals surface area contributed by atoms with Crippen LogP contribution in [0.5, 0.6) is 11.5 Å². The fourth-order valence-corrected chi connectivity index (χ4v) is 2.93. The number of hydrogen-bond donors (Lipinski definition) is 0. The summed E-state index contributed by atoms with van der Waals surface area (Å²) in [5.41, 5.74) is 0.546. The molecule has 102 valence electrons. The summed E-state index contributed by atoms with van der Waals surface area (Å²) in [5.74, 6) is 1.28. The third-order valence-corrected chi connectivity index (χ3v) is 4.01. The number of rotatable bonds is 3. The van der Waals surface area contributed by atoms with E-state index < -0.39 is 0 Å². The van der Waals surface area contributed by atoms with Crippen molar-refractivity contribution in [1.29, 1.82) is 0 Å². The Morgan fingerprint density at radius 1 is 1.20 bits per heavy atom. The summed E-state index contributed by atoms with van der Waals surface area (Å²) in [6.07, 6.45) is 1.67. The zero-order chi connectivity index (χ0) is 14.1. The van der Waals surface area contributed by atoms with Gasteiger partial charge in [-0.1, -0.05) is 0 Å². The maximum Gasteiger partial charge on any atom is 0.275 e. The summed E-state index contributed by atoms with van der Waals surface area (Å²) in [5, 5.41) is 0.599. The molecule has 2 aromatic heterocycles. The molecule has 0 fully saturated rings. The molecule has 5 nitrogen and oxygen atoms in total. The predicted octanol–water partition coefficient (Wildman–Crippen LogP) is 2.46. The largest absolute Gasteiger partial charge is 0.497 e. The number of aromatic nitrogens is 2. The highest BCUT2D eigenvalue weighted by Crippen LogP contribution is 2.29. The van der Waals surface area contributed by atoms with Crippen molar-refractivity contribution in [2.45, 2.75) is 0 Å². The monoisotopic (exact) mass is 288 g/mol. The van der Waals surface area contributed by atoms with E-state index in [0.717, 1.165) is 0 Å². The number of methoxy groups -OCH3 is 2. The minimum Gasteiger partial charge on any atom is -0.497 e. The van der Waals surface area contributed by atoms with Crippen LogP contribution in [0.4, 0.5) is 0 Å². The molecule has 0 amide bonds. The normalized spacial score (nSPS) is 10.7. The minimum absolute atomic E-state index is 0.107. The van der Waals surface area contributed by atoms with Crippen molar-refractivity contribution >= 4 is 21.7 Å². The van der Waals surface area contributed by atoms with Crippen molar-refractivity contribution in [3.63, 3.8) is 0 Å². The van der Waals surface area contributed by atoms with Gasteiger partial charge >= 0.3 is 0 Å². The highest BCUT2D eigenvalue weighted by atomic mass is 32.1. The SMILES string of the molecule is COc1ccc(OC)c(-n2sc3ncccc3c2=O)c1. The van der Waals surface area contributed by atoms with Gasteiger partial charge in [0.15, 0.2) is 0 Å². The molecular weight excluding hydrogens is 276 g/mol. The van der Waals surface area contributed by atoms with E-state index in [1.807, 2.05) is 0 Å². The average Bonchev–Trinajstić information content (AvgIpc) is 2.84. The van der Waals surface area contributed by atoms with Crippen LogP contribution in [-0.2, 0) is 0 Å². The summed E-state index contributed by atoms with van der Waals surface area (Å²) < 4.78 is 12.1. The van der Waals surface area contributed by atoms with Crippen molar-refractivity contribution in [3.8, 4) is 17.2 Å². The van der Waals surface area contributed by atoms with Crippen LogP contribution in [0.1, 0.15) is 0 Å². The second kappa shape index (κ2) is 4.97. The number of hydrogen-bond acceptors (Lipinski definition) is 5. The smallest absolute Gasteiger partial charge is 0.275 e. The molecule has 3 aromatic rings. The molecular formula is C14H12N2O3S. The number of nitrogens with zero attached hydrogens (tertiary/aromatic N) is 2. The molecule has 0 saturated heterocycles. The maximum atomic E-state index is 12.4. The molecule has 0 spiro atoms. The summed E-state index contributed by atoms with van der Waals surface area (Å²) in [7, 11) is 3.16. The van der Waals surface area contributed by atoms with Gasteiger partial charge in [-0.3, -0.25) is 4.79 Å². The van der Waals surface area contributed by atoms with Crippen LogP contribution in [0.25, 0.3) is 15.9 Å². The maximum absolute atomic E-state index is 12.4. The molecule has 0 unspecified atom stereocenters. The molecule has 6 heteroatoms. The van der Waals surface area contributed by atoms with Crippen molar-refractivity contribution < 1.29 is 9.47 Å². The van der Waals surface area contributed by atoms with Gasteiger partial charge in [0, 0.05) is 12.3 Å². The molecule has 0 aliphatic carbocycles.